The summed E-state index contributed by atoms with van der Waals surface area (Å²) in [6, 6.07) is 25.4. The fourth-order valence-electron chi connectivity index (χ4n) is 3.52. The van der Waals surface area contributed by atoms with Crippen molar-refractivity contribution >= 4 is 21.6 Å². The SMILES string of the molecule is O=C(c1ccc(S(=O)(=O)N2CCOCC2)cc1)N(Cc1ccccc1)c1ccccc1. The Morgan fingerprint density at radius 3 is 2.03 bits per heavy atom. The van der Waals surface area contributed by atoms with Gasteiger partial charge in [0.1, 0.15) is 0 Å². The number of hydrogen-bond donors (Lipinski definition) is 0. The molecule has 1 aliphatic heterocycles. The highest BCUT2D eigenvalue weighted by atomic mass is 32.2. The maximum Gasteiger partial charge on any atom is 0.258 e. The zero-order chi connectivity index (χ0) is 21.7. The van der Waals surface area contributed by atoms with Crippen molar-refractivity contribution in [1.29, 1.82) is 0 Å². The number of benzene rings is 3. The second kappa shape index (κ2) is 9.43. The summed E-state index contributed by atoms with van der Waals surface area (Å²) in [5.41, 5.74) is 2.22. The van der Waals surface area contributed by atoms with Gasteiger partial charge in [-0.15, -0.1) is 0 Å². The first kappa shape index (κ1) is 21.2. The van der Waals surface area contributed by atoms with E-state index < -0.39 is 10.0 Å². The largest absolute Gasteiger partial charge is 0.379 e. The lowest BCUT2D eigenvalue weighted by Crippen LogP contribution is -2.40. The maximum atomic E-state index is 13.4. The van der Waals surface area contributed by atoms with E-state index in [4.69, 9.17) is 4.74 Å². The molecule has 1 saturated heterocycles. The molecule has 31 heavy (non-hydrogen) atoms. The number of rotatable bonds is 6. The molecule has 0 bridgehead atoms. The zero-order valence-electron chi connectivity index (χ0n) is 17.1. The molecule has 3 aromatic rings. The predicted octanol–water partition coefficient (Wildman–Crippen LogP) is 3.55. The smallest absolute Gasteiger partial charge is 0.258 e. The van der Waals surface area contributed by atoms with Crippen molar-refractivity contribution in [2.45, 2.75) is 11.4 Å². The lowest BCUT2D eigenvalue weighted by molar-refractivity contribution is 0.0730. The minimum atomic E-state index is -3.60. The number of carbonyl (C=O) groups is 1. The fourth-order valence-corrected chi connectivity index (χ4v) is 4.92. The van der Waals surface area contributed by atoms with Gasteiger partial charge in [-0.1, -0.05) is 48.5 Å². The van der Waals surface area contributed by atoms with Gasteiger partial charge in [0.15, 0.2) is 0 Å². The molecule has 6 nitrogen and oxygen atoms in total. The van der Waals surface area contributed by atoms with Crippen LogP contribution in [0, 0.1) is 0 Å². The van der Waals surface area contributed by atoms with Crippen molar-refractivity contribution in [2.75, 3.05) is 31.2 Å². The quantitative estimate of drug-likeness (QED) is 0.593. The Kier molecular flexibility index (Phi) is 6.46. The van der Waals surface area contributed by atoms with Crippen LogP contribution in [0.15, 0.2) is 89.8 Å². The van der Waals surface area contributed by atoms with Gasteiger partial charge in [0.25, 0.3) is 5.91 Å². The molecular formula is C24H24N2O4S. The summed E-state index contributed by atoms with van der Waals surface area (Å²) < 4.78 is 32.3. The molecule has 0 spiro atoms. The molecule has 7 heteroatoms. The second-order valence-electron chi connectivity index (χ2n) is 7.25. The Morgan fingerprint density at radius 2 is 1.42 bits per heavy atom. The topological polar surface area (TPSA) is 66.9 Å². The molecule has 0 saturated carbocycles. The summed E-state index contributed by atoms with van der Waals surface area (Å²) in [6.45, 7) is 1.86. The third-order valence-electron chi connectivity index (χ3n) is 5.21. The molecule has 1 heterocycles. The van der Waals surface area contributed by atoms with E-state index in [-0.39, 0.29) is 10.8 Å². The van der Waals surface area contributed by atoms with E-state index >= 15 is 0 Å². The van der Waals surface area contributed by atoms with Crippen molar-refractivity contribution in [1.82, 2.24) is 4.31 Å². The molecule has 0 aromatic heterocycles. The van der Waals surface area contributed by atoms with Gasteiger partial charge in [0, 0.05) is 24.3 Å². The molecule has 1 amide bonds. The summed E-state index contributed by atoms with van der Waals surface area (Å²) in [5, 5.41) is 0. The van der Waals surface area contributed by atoms with Crippen molar-refractivity contribution in [2.24, 2.45) is 0 Å². The third kappa shape index (κ3) is 4.85. The molecule has 4 rings (SSSR count). The third-order valence-corrected chi connectivity index (χ3v) is 7.12. The van der Waals surface area contributed by atoms with E-state index in [0.717, 1.165) is 11.3 Å². The van der Waals surface area contributed by atoms with Crippen molar-refractivity contribution in [3.05, 3.63) is 96.1 Å². The highest BCUT2D eigenvalue weighted by Crippen LogP contribution is 2.22. The predicted molar refractivity (Wildman–Crippen MR) is 119 cm³/mol. The van der Waals surface area contributed by atoms with Crippen LogP contribution >= 0.6 is 0 Å². The van der Waals surface area contributed by atoms with Crippen LogP contribution in [-0.4, -0.2) is 44.9 Å². The normalized spacial score (nSPS) is 14.8. The van der Waals surface area contributed by atoms with Crippen LogP contribution in [0.2, 0.25) is 0 Å². The Morgan fingerprint density at radius 1 is 0.839 bits per heavy atom. The first-order valence-electron chi connectivity index (χ1n) is 10.1. The molecular weight excluding hydrogens is 412 g/mol. The van der Waals surface area contributed by atoms with Gasteiger partial charge >= 0.3 is 0 Å². The zero-order valence-corrected chi connectivity index (χ0v) is 17.9. The van der Waals surface area contributed by atoms with E-state index in [0.29, 0.717) is 38.4 Å². The molecule has 160 valence electrons. The summed E-state index contributed by atoms with van der Waals surface area (Å²) in [6.07, 6.45) is 0. The van der Waals surface area contributed by atoms with Crippen molar-refractivity contribution < 1.29 is 17.9 Å². The molecule has 0 radical (unpaired) electrons. The Bertz CT molecular complexity index is 1110. The van der Waals surface area contributed by atoms with Crippen molar-refractivity contribution in [3.8, 4) is 0 Å². The highest BCUT2D eigenvalue weighted by Gasteiger charge is 2.27. The number of ether oxygens (including phenoxy) is 1. The number of carbonyl (C=O) groups excluding carboxylic acids is 1. The summed E-state index contributed by atoms with van der Waals surface area (Å²) in [5.74, 6) is -0.189. The van der Waals surface area contributed by atoms with Crippen LogP contribution < -0.4 is 4.90 Å². The molecule has 1 fully saturated rings. The minimum absolute atomic E-state index is 0.181. The highest BCUT2D eigenvalue weighted by molar-refractivity contribution is 7.89. The van der Waals surface area contributed by atoms with Gasteiger partial charge in [-0.3, -0.25) is 4.79 Å². The Labute approximate surface area is 182 Å². The Hall–Kier alpha value is -3.00. The van der Waals surface area contributed by atoms with Gasteiger partial charge in [-0.05, 0) is 42.0 Å². The maximum absolute atomic E-state index is 13.4. The van der Waals surface area contributed by atoms with Gasteiger partial charge in [0.2, 0.25) is 10.0 Å². The van der Waals surface area contributed by atoms with Crippen molar-refractivity contribution in [3.63, 3.8) is 0 Å². The van der Waals surface area contributed by atoms with Crippen LogP contribution in [-0.2, 0) is 21.3 Å². The monoisotopic (exact) mass is 436 g/mol. The van der Waals surface area contributed by atoms with E-state index in [1.165, 1.54) is 16.4 Å². The van der Waals surface area contributed by atoms with Crippen LogP contribution in [0.4, 0.5) is 5.69 Å². The van der Waals surface area contributed by atoms with Crippen LogP contribution in [0.3, 0.4) is 0 Å². The lowest BCUT2D eigenvalue weighted by Gasteiger charge is -2.26. The number of morpholine rings is 1. The first-order chi connectivity index (χ1) is 15.1. The molecule has 3 aromatic carbocycles. The molecule has 0 aliphatic carbocycles. The van der Waals surface area contributed by atoms with E-state index in [1.807, 2.05) is 60.7 Å². The summed E-state index contributed by atoms with van der Waals surface area (Å²) in [4.78, 5) is 15.2. The number of nitrogens with zero attached hydrogens (tertiary/aromatic N) is 2. The number of anilines is 1. The average molecular weight is 437 g/mol. The average Bonchev–Trinajstić information content (AvgIpc) is 2.84. The molecule has 1 aliphatic rings. The molecule has 0 N–H and O–H groups in total. The summed E-state index contributed by atoms with van der Waals surface area (Å²) >= 11 is 0. The first-order valence-corrected chi connectivity index (χ1v) is 11.6. The van der Waals surface area contributed by atoms with E-state index in [9.17, 15) is 13.2 Å². The van der Waals surface area contributed by atoms with Crippen LogP contribution in [0.1, 0.15) is 15.9 Å². The van der Waals surface area contributed by atoms with Gasteiger partial charge in [0.05, 0.1) is 24.7 Å². The molecule has 0 atom stereocenters. The van der Waals surface area contributed by atoms with Crippen LogP contribution in [0.25, 0.3) is 0 Å². The number of amides is 1. The van der Waals surface area contributed by atoms with Crippen LogP contribution in [0.5, 0.6) is 0 Å². The number of sulfonamides is 1. The van der Waals surface area contributed by atoms with Gasteiger partial charge in [-0.25, -0.2) is 8.42 Å². The number of hydrogen-bond acceptors (Lipinski definition) is 4. The number of para-hydroxylation sites is 1. The van der Waals surface area contributed by atoms with Gasteiger partial charge in [-0.2, -0.15) is 4.31 Å². The second-order valence-corrected chi connectivity index (χ2v) is 9.19. The Balaban J connectivity index is 1.60. The summed E-state index contributed by atoms with van der Waals surface area (Å²) in [7, 11) is -3.60. The molecule has 0 unspecified atom stereocenters. The standard InChI is InChI=1S/C24H24N2O4S/c27-24(26(22-9-5-2-6-10-22)19-20-7-3-1-4-8-20)21-11-13-23(14-12-21)31(28,29)25-15-17-30-18-16-25/h1-14H,15-19H2. The van der Waals surface area contributed by atoms with Gasteiger partial charge < -0.3 is 9.64 Å². The fraction of sp³-hybridized carbons (Fsp3) is 0.208. The van der Waals surface area contributed by atoms with E-state index in [2.05, 4.69) is 0 Å². The minimum Gasteiger partial charge on any atom is -0.379 e. The lowest BCUT2D eigenvalue weighted by atomic mass is 10.1. The van der Waals surface area contributed by atoms with E-state index in [1.54, 1.807) is 17.0 Å².